The van der Waals surface area contributed by atoms with Gasteiger partial charge in [-0.3, -0.25) is 9.89 Å². The molecule has 4 aromatic rings. The van der Waals surface area contributed by atoms with Gasteiger partial charge in [-0.15, -0.1) is 11.3 Å². The average molecular weight is 420 g/mol. The van der Waals surface area contributed by atoms with Crippen LogP contribution >= 0.6 is 11.3 Å². The SMILES string of the molecule is O=C(c1ccc(-c2nc3ccccc3s2)o1)N1CCC(c2nc(C3CC3)n[nH]2)CC1. The Morgan fingerprint density at radius 3 is 2.67 bits per heavy atom. The second-order valence-corrected chi connectivity index (χ2v) is 9.10. The zero-order chi connectivity index (χ0) is 20.1. The average Bonchev–Trinajstić information content (AvgIpc) is 3.21. The number of thiazole rings is 1. The number of rotatable bonds is 4. The van der Waals surface area contributed by atoms with Crippen LogP contribution < -0.4 is 0 Å². The minimum atomic E-state index is -0.0583. The van der Waals surface area contributed by atoms with Crippen LogP contribution in [-0.4, -0.2) is 44.1 Å². The number of amides is 1. The summed E-state index contributed by atoms with van der Waals surface area (Å²) in [5, 5.41) is 8.28. The third kappa shape index (κ3) is 3.21. The maximum atomic E-state index is 12.9. The van der Waals surface area contributed by atoms with E-state index in [-0.39, 0.29) is 5.91 Å². The van der Waals surface area contributed by atoms with Gasteiger partial charge in [0.05, 0.1) is 10.2 Å². The molecule has 3 aromatic heterocycles. The predicted octanol–water partition coefficient (Wildman–Crippen LogP) is 4.57. The molecule has 0 bridgehead atoms. The Morgan fingerprint density at radius 1 is 1.03 bits per heavy atom. The molecule has 1 N–H and O–H groups in total. The Balaban J connectivity index is 1.13. The van der Waals surface area contributed by atoms with Crippen LogP contribution in [0.15, 0.2) is 40.8 Å². The number of H-pyrrole nitrogens is 1. The molecule has 2 fully saturated rings. The molecule has 1 aromatic carbocycles. The van der Waals surface area contributed by atoms with E-state index in [2.05, 4.69) is 20.2 Å². The fourth-order valence-corrected chi connectivity index (χ4v) is 4.98. The van der Waals surface area contributed by atoms with Gasteiger partial charge in [-0.25, -0.2) is 9.97 Å². The molecule has 30 heavy (non-hydrogen) atoms. The molecule has 0 radical (unpaired) electrons. The van der Waals surface area contributed by atoms with Crippen LogP contribution in [0.1, 0.15) is 59.7 Å². The van der Waals surface area contributed by atoms with Crippen molar-refractivity contribution >= 4 is 27.5 Å². The molecule has 152 valence electrons. The summed E-state index contributed by atoms with van der Waals surface area (Å²) < 4.78 is 7.00. The van der Waals surface area contributed by atoms with Gasteiger partial charge in [-0.2, -0.15) is 5.10 Å². The number of carbonyl (C=O) groups is 1. The van der Waals surface area contributed by atoms with Gasteiger partial charge < -0.3 is 9.32 Å². The molecular formula is C22H21N5O2S. The number of nitrogens with one attached hydrogen (secondary N) is 1. The number of piperidine rings is 1. The van der Waals surface area contributed by atoms with Gasteiger partial charge in [0.25, 0.3) is 5.91 Å². The van der Waals surface area contributed by atoms with Gasteiger partial charge >= 0.3 is 0 Å². The number of hydrogen-bond acceptors (Lipinski definition) is 6. The molecule has 1 aliphatic heterocycles. The van der Waals surface area contributed by atoms with Crippen LogP contribution in [0.4, 0.5) is 0 Å². The van der Waals surface area contributed by atoms with E-state index >= 15 is 0 Å². The van der Waals surface area contributed by atoms with Crippen LogP contribution in [0.3, 0.4) is 0 Å². The van der Waals surface area contributed by atoms with Crippen molar-refractivity contribution in [3.05, 3.63) is 53.8 Å². The molecule has 0 spiro atoms. The zero-order valence-electron chi connectivity index (χ0n) is 16.4. The highest BCUT2D eigenvalue weighted by Crippen LogP contribution is 2.39. The molecule has 1 saturated heterocycles. The molecule has 2 aliphatic rings. The molecular weight excluding hydrogens is 398 g/mol. The summed E-state index contributed by atoms with van der Waals surface area (Å²) in [6, 6.07) is 11.6. The number of likely N-dealkylation sites (tertiary alicyclic amines) is 1. The van der Waals surface area contributed by atoms with Crippen LogP contribution in [-0.2, 0) is 0 Å². The molecule has 1 saturated carbocycles. The van der Waals surface area contributed by atoms with Crippen molar-refractivity contribution in [2.24, 2.45) is 0 Å². The van der Waals surface area contributed by atoms with Crippen molar-refractivity contribution in [1.29, 1.82) is 0 Å². The Bertz CT molecular complexity index is 1180. The van der Waals surface area contributed by atoms with E-state index in [4.69, 9.17) is 4.42 Å². The molecule has 6 rings (SSSR count). The summed E-state index contributed by atoms with van der Waals surface area (Å²) in [4.78, 5) is 24.1. The van der Waals surface area contributed by atoms with E-state index in [1.54, 1.807) is 17.4 Å². The standard InChI is InChI=1S/C22H21N5O2S/c28-22(17-8-7-16(29-17)21-23-15-3-1-2-4-18(15)30-21)27-11-9-14(10-12-27)20-24-19(25-26-20)13-5-6-13/h1-4,7-8,13-14H,5-6,9-12H2,(H,24,25,26). The molecule has 8 heteroatoms. The first-order valence-electron chi connectivity index (χ1n) is 10.4. The van der Waals surface area contributed by atoms with Crippen LogP contribution in [0.2, 0.25) is 0 Å². The highest BCUT2D eigenvalue weighted by Gasteiger charge is 2.31. The first-order valence-corrected chi connectivity index (χ1v) is 11.2. The second-order valence-electron chi connectivity index (χ2n) is 8.07. The van der Waals surface area contributed by atoms with Crippen molar-refractivity contribution < 1.29 is 9.21 Å². The van der Waals surface area contributed by atoms with Crippen molar-refractivity contribution in [3.8, 4) is 10.8 Å². The number of aromatic amines is 1. The monoisotopic (exact) mass is 419 g/mol. The van der Waals surface area contributed by atoms with Gasteiger partial charge in [0.15, 0.2) is 22.4 Å². The van der Waals surface area contributed by atoms with Crippen molar-refractivity contribution in [2.75, 3.05) is 13.1 Å². The quantitative estimate of drug-likeness (QED) is 0.523. The lowest BCUT2D eigenvalue weighted by Gasteiger charge is -2.30. The third-order valence-electron chi connectivity index (χ3n) is 5.95. The number of carbonyl (C=O) groups excluding carboxylic acids is 1. The predicted molar refractivity (Wildman–Crippen MR) is 114 cm³/mol. The summed E-state index contributed by atoms with van der Waals surface area (Å²) in [5.74, 6) is 3.78. The largest absolute Gasteiger partial charge is 0.448 e. The van der Waals surface area contributed by atoms with Crippen molar-refractivity contribution in [2.45, 2.75) is 37.5 Å². The number of nitrogens with zero attached hydrogens (tertiary/aromatic N) is 4. The van der Waals surface area contributed by atoms with E-state index in [9.17, 15) is 4.79 Å². The van der Waals surface area contributed by atoms with Gasteiger partial charge in [0.1, 0.15) is 5.82 Å². The number of para-hydroxylation sites is 1. The maximum absolute atomic E-state index is 12.9. The molecule has 4 heterocycles. The summed E-state index contributed by atoms with van der Waals surface area (Å²) >= 11 is 1.57. The first-order chi connectivity index (χ1) is 14.7. The third-order valence-corrected chi connectivity index (χ3v) is 7.00. The van der Waals surface area contributed by atoms with Gasteiger partial charge in [-0.05, 0) is 49.9 Å². The lowest BCUT2D eigenvalue weighted by molar-refractivity contribution is 0.0680. The van der Waals surface area contributed by atoms with Crippen LogP contribution in [0.5, 0.6) is 0 Å². The smallest absolute Gasteiger partial charge is 0.289 e. The Morgan fingerprint density at radius 2 is 1.87 bits per heavy atom. The summed E-state index contributed by atoms with van der Waals surface area (Å²) in [6.45, 7) is 1.39. The Labute approximate surface area is 177 Å². The van der Waals surface area contributed by atoms with Crippen LogP contribution in [0.25, 0.3) is 21.0 Å². The van der Waals surface area contributed by atoms with E-state index in [0.717, 1.165) is 39.7 Å². The van der Waals surface area contributed by atoms with E-state index in [1.807, 2.05) is 35.2 Å². The van der Waals surface area contributed by atoms with Gasteiger partial charge in [0, 0.05) is 24.9 Å². The molecule has 0 atom stereocenters. The van der Waals surface area contributed by atoms with Crippen molar-refractivity contribution in [1.82, 2.24) is 25.1 Å². The second kappa shape index (κ2) is 7.05. The number of furan rings is 1. The normalized spacial score (nSPS) is 17.7. The van der Waals surface area contributed by atoms with Crippen LogP contribution in [0, 0.1) is 0 Å². The van der Waals surface area contributed by atoms with E-state index < -0.39 is 0 Å². The summed E-state index contributed by atoms with van der Waals surface area (Å²) in [7, 11) is 0. The van der Waals surface area contributed by atoms with Crippen molar-refractivity contribution in [3.63, 3.8) is 0 Å². The molecule has 7 nitrogen and oxygen atoms in total. The Hall–Kier alpha value is -3.00. The van der Waals surface area contributed by atoms with E-state index in [0.29, 0.717) is 36.4 Å². The fraction of sp³-hybridized carbons (Fsp3) is 0.364. The summed E-state index contributed by atoms with van der Waals surface area (Å²) in [5.41, 5.74) is 0.945. The van der Waals surface area contributed by atoms with Gasteiger partial charge in [0.2, 0.25) is 0 Å². The lowest BCUT2D eigenvalue weighted by Crippen LogP contribution is -2.38. The topological polar surface area (TPSA) is 87.9 Å². The molecule has 0 unspecified atom stereocenters. The fourth-order valence-electron chi connectivity index (χ4n) is 4.05. The minimum Gasteiger partial charge on any atom is -0.448 e. The zero-order valence-corrected chi connectivity index (χ0v) is 17.2. The highest BCUT2D eigenvalue weighted by atomic mass is 32.1. The number of hydrogen-bond donors (Lipinski definition) is 1. The molecule has 1 aliphatic carbocycles. The number of aromatic nitrogens is 4. The number of fused-ring (bicyclic) bond motifs is 1. The highest BCUT2D eigenvalue weighted by molar-refractivity contribution is 7.21. The lowest BCUT2D eigenvalue weighted by atomic mass is 9.96. The van der Waals surface area contributed by atoms with Gasteiger partial charge in [-0.1, -0.05) is 12.1 Å². The minimum absolute atomic E-state index is 0.0583. The van der Waals surface area contributed by atoms with E-state index in [1.165, 1.54) is 12.8 Å². The Kier molecular flexibility index (Phi) is 4.19. The summed E-state index contributed by atoms with van der Waals surface area (Å²) in [6.07, 6.45) is 4.17. The maximum Gasteiger partial charge on any atom is 0.289 e. The number of benzene rings is 1. The molecule has 1 amide bonds. The first kappa shape index (κ1) is 17.8.